The molecule has 0 saturated heterocycles. The van der Waals surface area contributed by atoms with E-state index in [9.17, 15) is 0 Å². The summed E-state index contributed by atoms with van der Waals surface area (Å²) in [6.07, 6.45) is 4.13. The van der Waals surface area contributed by atoms with Gasteiger partial charge in [-0.15, -0.1) is 0 Å². The average molecular weight is 203 g/mol. The number of nitrogens with one attached hydrogen (secondary N) is 1. The number of thioether (sulfide) groups is 1. The molecule has 1 nitrogen and oxygen atoms in total. The highest BCUT2D eigenvalue weighted by molar-refractivity contribution is 7.99. The molecule has 0 saturated carbocycles. The molecule has 0 spiro atoms. The van der Waals surface area contributed by atoms with Gasteiger partial charge in [0.05, 0.1) is 0 Å². The number of rotatable bonds is 9. The Labute approximate surface area is 88.1 Å². The lowest BCUT2D eigenvalue weighted by Crippen LogP contribution is -2.16. The fourth-order valence-corrected chi connectivity index (χ4v) is 2.01. The molecular weight excluding hydrogens is 178 g/mol. The molecule has 0 aliphatic heterocycles. The predicted octanol–water partition coefficient (Wildman–Crippen LogP) is 3.16. The largest absolute Gasteiger partial charge is 0.317 e. The van der Waals surface area contributed by atoms with E-state index in [1.165, 1.54) is 37.3 Å². The maximum atomic E-state index is 3.38. The Morgan fingerprint density at radius 1 is 1.23 bits per heavy atom. The van der Waals surface area contributed by atoms with Crippen molar-refractivity contribution in [2.45, 2.75) is 40.0 Å². The first kappa shape index (κ1) is 13.3. The molecule has 0 radical (unpaired) electrons. The van der Waals surface area contributed by atoms with Crippen LogP contribution in [-0.4, -0.2) is 24.6 Å². The van der Waals surface area contributed by atoms with Crippen molar-refractivity contribution in [2.24, 2.45) is 5.92 Å². The molecule has 2 heteroatoms. The van der Waals surface area contributed by atoms with Gasteiger partial charge in [0.2, 0.25) is 0 Å². The van der Waals surface area contributed by atoms with Crippen molar-refractivity contribution in [3.05, 3.63) is 0 Å². The molecule has 80 valence electrons. The Kier molecular flexibility index (Phi) is 10.6. The minimum Gasteiger partial charge on any atom is -0.317 e. The van der Waals surface area contributed by atoms with Crippen LogP contribution in [0.4, 0.5) is 0 Å². The normalized spacial score (nSPS) is 13.2. The lowest BCUT2D eigenvalue weighted by Gasteiger charge is -2.10. The van der Waals surface area contributed by atoms with Gasteiger partial charge < -0.3 is 5.32 Å². The van der Waals surface area contributed by atoms with E-state index in [4.69, 9.17) is 0 Å². The van der Waals surface area contributed by atoms with Crippen molar-refractivity contribution in [3.8, 4) is 0 Å². The fourth-order valence-electron chi connectivity index (χ4n) is 1.35. The first-order chi connectivity index (χ1) is 6.31. The highest BCUT2D eigenvalue weighted by atomic mass is 32.2. The fraction of sp³-hybridized carbons (Fsp3) is 1.00. The molecule has 0 aliphatic carbocycles. The van der Waals surface area contributed by atoms with Crippen molar-refractivity contribution in [1.29, 1.82) is 0 Å². The zero-order valence-corrected chi connectivity index (χ0v) is 10.3. The summed E-state index contributed by atoms with van der Waals surface area (Å²) in [7, 11) is 0. The van der Waals surface area contributed by atoms with Crippen molar-refractivity contribution < 1.29 is 0 Å². The number of hydrogen-bond acceptors (Lipinski definition) is 2. The summed E-state index contributed by atoms with van der Waals surface area (Å²) < 4.78 is 0. The second kappa shape index (κ2) is 10.4. The smallest absolute Gasteiger partial charge is 0.00465 e. The monoisotopic (exact) mass is 203 g/mol. The van der Waals surface area contributed by atoms with Crippen LogP contribution >= 0.6 is 11.8 Å². The van der Waals surface area contributed by atoms with Gasteiger partial charge in [0.15, 0.2) is 0 Å². The molecular formula is C11H25NS. The van der Waals surface area contributed by atoms with Gasteiger partial charge in [0, 0.05) is 0 Å². The summed E-state index contributed by atoms with van der Waals surface area (Å²) in [4.78, 5) is 0. The Morgan fingerprint density at radius 2 is 2.00 bits per heavy atom. The molecule has 1 atom stereocenters. The van der Waals surface area contributed by atoms with Crippen molar-refractivity contribution >= 4 is 11.8 Å². The van der Waals surface area contributed by atoms with Crippen molar-refractivity contribution in [3.63, 3.8) is 0 Å². The molecule has 0 aromatic heterocycles. The van der Waals surface area contributed by atoms with Crippen LogP contribution in [0.1, 0.15) is 40.0 Å². The van der Waals surface area contributed by atoms with Crippen LogP contribution in [-0.2, 0) is 0 Å². The average Bonchev–Trinajstić information content (AvgIpc) is 2.13. The Bertz CT molecular complexity index is 96.1. The van der Waals surface area contributed by atoms with Gasteiger partial charge in [0.1, 0.15) is 0 Å². The maximum absolute atomic E-state index is 3.38. The third kappa shape index (κ3) is 10.2. The molecule has 0 amide bonds. The van der Waals surface area contributed by atoms with Gasteiger partial charge in [-0.2, -0.15) is 11.8 Å². The minimum absolute atomic E-state index is 0.900. The highest BCUT2D eigenvalue weighted by Crippen LogP contribution is 2.12. The van der Waals surface area contributed by atoms with E-state index >= 15 is 0 Å². The summed E-state index contributed by atoms with van der Waals surface area (Å²) in [5.41, 5.74) is 0. The van der Waals surface area contributed by atoms with E-state index in [2.05, 4.69) is 37.8 Å². The maximum Gasteiger partial charge on any atom is -0.00465 e. The van der Waals surface area contributed by atoms with Crippen LogP contribution < -0.4 is 5.32 Å². The molecule has 0 bridgehead atoms. The zero-order chi connectivity index (χ0) is 9.94. The van der Waals surface area contributed by atoms with Gasteiger partial charge in [0.25, 0.3) is 0 Å². The molecule has 1 unspecified atom stereocenters. The molecule has 0 heterocycles. The Hall–Kier alpha value is 0.310. The quantitative estimate of drug-likeness (QED) is 0.578. The summed E-state index contributed by atoms with van der Waals surface area (Å²) >= 11 is 2.06. The predicted molar refractivity (Wildman–Crippen MR) is 64.6 cm³/mol. The summed E-state index contributed by atoms with van der Waals surface area (Å²) in [6.45, 7) is 9.08. The highest BCUT2D eigenvalue weighted by Gasteiger charge is 2.00. The van der Waals surface area contributed by atoms with Gasteiger partial charge >= 0.3 is 0 Å². The molecule has 0 aromatic rings. The lowest BCUT2D eigenvalue weighted by atomic mass is 10.0. The van der Waals surface area contributed by atoms with Crippen LogP contribution in [0, 0.1) is 5.92 Å². The van der Waals surface area contributed by atoms with Crippen molar-refractivity contribution in [1.82, 2.24) is 5.32 Å². The molecule has 13 heavy (non-hydrogen) atoms. The molecule has 0 rings (SSSR count). The number of hydrogen-bond donors (Lipinski definition) is 1. The van der Waals surface area contributed by atoms with E-state index in [0.717, 1.165) is 12.5 Å². The van der Waals surface area contributed by atoms with Crippen LogP contribution in [0.2, 0.25) is 0 Å². The van der Waals surface area contributed by atoms with E-state index in [1.807, 2.05) is 0 Å². The van der Waals surface area contributed by atoms with Gasteiger partial charge in [-0.25, -0.2) is 0 Å². The Balaban J connectivity index is 3.05. The van der Waals surface area contributed by atoms with E-state index in [1.54, 1.807) is 0 Å². The minimum atomic E-state index is 0.900. The third-order valence-corrected chi connectivity index (χ3v) is 3.24. The summed E-state index contributed by atoms with van der Waals surface area (Å²) in [5.74, 6) is 3.52. The van der Waals surface area contributed by atoms with Crippen LogP contribution in [0.15, 0.2) is 0 Å². The second-order valence-electron chi connectivity index (χ2n) is 3.59. The van der Waals surface area contributed by atoms with E-state index in [0.29, 0.717) is 0 Å². The van der Waals surface area contributed by atoms with Crippen molar-refractivity contribution in [2.75, 3.05) is 24.6 Å². The first-order valence-electron chi connectivity index (χ1n) is 5.59. The standard InChI is InChI=1S/C11H25NS/c1-4-12-9-8-11(3)7-6-10-13-5-2/h11-12H,4-10H2,1-3H3. The molecule has 0 aliphatic rings. The molecule has 0 aromatic carbocycles. The summed E-state index contributed by atoms with van der Waals surface area (Å²) in [5, 5.41) is 3.38. The SMILES string of the molecule is CCNCCC(C)CCCSCC. The topological polar surface area (TPSA) is 12.0 Å². The van der Waals surface area contributed by atoms with E-state index < -0.39 is 0 Å². The summed E-state index contributed by atoms with van der Waals surface area (Å²) in [6, 6.07) is 0. The Morgan fingerprint density at radius 3 is 2.62 bits per heavy atom. The first-order valence-corrected chi connectivity index (χ1v) is 6.75. The van der Waals surface area contributed by atoms with Gasteiger partial charge in [-0.05, 0) is 49.8 Å². The zero-order valence-electron chi connectivity index (χ0n) is 9.44. The molecule has 0 fully saturated rings. The van der Waals surface area contributed by atoms with Gasteiger partial charge in [-0.3, -0.25) is 0 Å². The van der Waals surface area contributed by atoms with Crippen LogP contribution in [0.5, 0.6) is 0 Å². The van der Waals surface area contributed by atoms with E-state index in [-0.39, 0.29) is 0 Å². The molecule has 1 N–H and O–H groups in total. The lowest BCUT2D eigenvalue weighted by molar-refractivity contribution is 0.470. The van der Waals surface area contributed by atoms with Crippen LogP contribution in [0.25, 0.3) is 0 Å². The van der Waals surface area contributed by atoms with Crippen LogP contribution in [0.3, 0.4) is 0 Å². The second-order valence-corrected chi connectivity index (χ2v) is 4.98. The third-order valence-electron chi connectivity index (χ3n) is 2.25. The van der Waals surface area contributed by atoms with Gasteiger partial charge in [-0.1, -0.05) is 20.8 Å².